The van der Waals surface area contributed by atoms with Crippen LogP contribution >= 0.6 is 23.2 Å². The van der Waals surface area contributed by atoms with Crippen LogP contribution in [0.4, 0.5) is 5.69 Å². The number of halogens is 2. The Morgan fingerprint density at radius 3 is 2.65 bits per heavy atom. The zero-order valence-electron chi connectivity index (χ0n) is 13.0. The first-order chi connectivity index (χ1) is 10.9. The van der Waals surface area contributed by atoms with Crippen LogP contribution in [0.2, 0.25) is 10.0 Å². The highest BCUT2D eigenvalue weighted by molar-refractivity contribution is 6.36. The van der Waals surface area contributed by atoms with E-state index in [1.165, 1.54) is 0 Å². The highest BCUT2D eigenvalue weighted by Crippen LogP contribution is 2.26. The zero-order chi connectivity index (χ0) is 17.2. The van der Waals surface area contributed by atoms with Crippen molar-refractivity contribution in [2.75, 3.05) is 11.9 Å². The van der Waals surface area contributed by atoms with Gasteiger partial charge in [-0.2, -0.15) is 0 Å². The second kappa shape index (κ2) is 10.3. The molecule has 2 N–H and O–H groups in total. The Morgan fingerprint density at radius 2 is 2.04 bits per heavy atom. The van der Waals surface area contributed by atoms with Gasteiger partial charge in [-0.3, -0.25) is 10.5 Å². The van der Waals surface area contributed by atoms with Crippen molar-refractivity contribution < 1.29 is 14.3 Å². The van der Waals surface area contributed by atoms with Gasteiger partial charge in [0.1, 0.15) is 6.04 Å². The molecule has 1 atom stereocenters. The van der Waals surface area contributed by atoms with Crippen LogP contribution in [-0.4, -0.2) is 24.5 Å². The van der Waals surface area contributed by atoms with Crippen molar-refractivity contribution in [3.8, 4) is 0 Å². The molecule has 1 aromatic carbocycles. The first kappa shape index (κ1) is 19.6. The summed E-state index contributed by atoms with van der Waals surface area (Å²) < 4.78 is 5.24. The largest absolute Gasteiger partial charge is 0.464 e. The van der Waals surface area contributed by atoms with Crippen molar-refractivity contribution >= 4 is 40.8 Å². The Labute approximate surface area is 146 Å². The first-order valence-electron chi connectivity index (χ1n) is 7.56. The van der Waals surface area contributed by atoms with E-state index in [2.05, 4.69) is 5.32 Å². The number of amides is 1. The Balaban J connectivity index is 2.72. The van der Waals surface area contributed by atoms with Gasteiger partial charge < -0.3 is 10.1 Å². The summed E-state index contributed by atoms with van der Waals surface area (Å²) in [6, 6.07) is 4.32. The van der Waals surface area contributed by atoms with Gasteiger partial charge in [0.15, 0.2) is 0 Å². The van der Waals surface area contributed by atoms with Gasteiger partial charge in [0, 0.05) is 11.4 Å². The number of benzene rings is 1. The number of hydrogen-bond donors (Lipinski definition) is 1. The number of rotatable bonds is 10. The lowest BCUT2D eigenvalue weighted by molar-refractivity contribution is -0.145. The van der Waals surface area contributed by atoms with E-state index < -0.39 is 11.9 Å². The second-order valence-corrected chi connectivity index (χ2v) is 6.00. The average molecular weight is 360 g/mol. The SMILES string of the molecule is CCCCOC(=O)C(CCCC([NH])=O)Nc1ccc(Cl)cc1Cl. The fourth-order valence-electron chi connectivity index (χ4n) is 1.93. The molecular formula is C16H21Cl2N2O3. The van der Waals surface area contributed by atoms with E-state index in [0.717, 1.165) is 12.8 Å². The number of ether oxygens (including phenoxy) is 1. The molecule has 0 fully saturated rings. The highest BCUT2D eigenvalue weighted by Gasteiger charge is 2.21. The van der Waals surface area contributed by atoms with Crippen LogP contribution in [-0.2, 0) is 14.3 Å². The molecule has 0 aliphatic rings. The summed E-state index contributed by atoms with van der Waals surface area (Å²) in [7, 11) is 0. The van der Waals surface area contributed by atoms with Crippen LogP contribution in [0, 0.1) is 0 Å². The van der Waals surface area contributed by atoms with E-state index in [-0.39, 0.29) is 12.4 Å². The monoisotopic (exact) mass is 359 g/mol. The van der Waals surface area contributed by atoms with E-state index in [1.807, 2.05) is 6.92 Å². The Kier molecular flexibility index (Phi) is 8.81. The Bertz CT molecular complexity index is 538. The molecule has 0 heterocycles. The maximum Gasteiger partial charge on any atom is 0.328 e. The maximum atomic E-state index is 12.2. The third-order valence-corrected chi connectivity index (χ3v) is 3.73. The van der Waals surface area contributed by atoms with Crippen LogP contribution < -0.4 is 11.1 Å². The molecule has 0 aromatic heterocycles. The minimum atomic E-state index is -0.646. The second-order valence-electron chi connectivity index (χ2n) is 5.16. The standard InChI is InChI=1S/C16H21Cl2N2O3/c1-2-3-9-23-16(22)14(5-4-6-15(19)21)20-13-8-7-11(17)10-12(13)18/h7-8,10,14,19-20H,2-6,9H2,1H3. The van der Waals surface area contributed by atoms with Crippen molar-refractivity contribution in [2.45, 2.75) is 45.1 Å². The van der Waals surface area contributed by atoms with Gasteiger partial charge in [-0.1, -0.05) is 36.5 Å². The molecule has 0 saturated heterocycles. The summed E-state index contributed by atoms with van der Waals surface area (Å²) in [5.41, 5.74) is 7.51. The molecule has 0 aliphatic heterocycles. The predicted octanol–water partition coefficient (Wildman–Crippen LogP) is 4.10. The third kappa shape index (κ3) is 7.57. The number of hydrogen-bond acceptors (Lipinski definition) is 4. The van der Waals surface area contributed by atoms with E-state index in [9.17, 15) is 9.59 Å². The molecule has 1 amide bonds. The molecule has 0 bridgehead atoms. The molecular weight excluding hydrogens is 339 g/mol. The van der Waals surface area contributed by atoms with Crippen LogP contribution in [0.25, 0.3) is 0 Å². The number of carbonyl (C=O) groups excluding carboxylic acids is 2. The minimum Gasteiger partial charge on any atom is -0.464 e. The van der Waals surface area contributed by atoms with Crippen LogP contribution in [0.5, 0.6) is 0 Å². The van der Waals surface area contributed by atoms with E-state index >= 15 is 0 Å². The molecule has 1 radical (unpaired) electrons. The van der Waals surface area contributed by atoms with E-state index in [0.29, 0.717) is 35.2 Å². The number of nitrogens with one attached hydrogen (secondary N) is 2. The van der Waals surface area contributed by atoms with Crippen molar-refractivity contribution in [2.24, 2.45) is 0 Å². The van der Waals surface area contributed by atoms with Gasteiger partial charge in [0.05, 0.1) is 17.3 Å². The number of unbranched alkanes of at least 4 members (excludes halogenated alkanes) is 1. The molecule has 23 heavy (non-hydrogen) atoms. The van der Waals surface area contributed by atoms with Gasteiger partial charge in [-0.15, -0.1) is 0 Å². The number of esters is 1. The molecule has 0 spiro atoms. The lowest BCUT2D eigenvalue weighted by atomic mass is 10.1. The molecule has 7 heteroatoms. The molecule has 5 nitrogen and oxygen atoms in total. The van der Waals surface area contributed by atoms with Gasteiger partial charge in [0.25, 0.3) is 0 Å². The van der Waals surface area contributed by atoms with E-state index in [4.69, 9.17) is 33.7 Å². The first-order valence-corrected chi connectivity index (χ1v) is 8.32. The lowest BCUT2D eigenvalue weighted by Gasteiger charge is -2.19. The molecule has 0 aliphatic carbocycles. The summed E-state index contributed by atoms with van der Waals surface area (Å²) in [6.45, 7) is 2.37. The predicted molar refractivity (Wildman–Crippen MR) is 91.7 cm³/mol. The molecule has 1 aromatic rings. The van der Waals surface area contributed by atoms with Gasteiger partial charge in [0.2, 0.25) is 5.91 Å². The average Bonchev–Trinajstić information content (AvgIpc) is 2.48. The van der Waals surface area contributed by atoms with Crippen molar-refractivity contribution in [1.82, 2.24) is 5.73 Å². The summed E-state index contributed by atoms with van der Waals surface area (Å²) in [5, 5.41) is 3.94. The normalized spacial score (nSPS) is 11.8. The van der Waals surface area contributed by atoms with Crippen molar-refractivity contribution in [3.63, 3.8) is 0 Å². The number of carbonyl (C=O) groups is 2. The summed E-state index contributed by atoms with van der Waals surface area (Å²) in [6.07, 6.45) is 2.64. The van der Waals surface area contributed by atoms with Gasteiger partial charge in [-0.25, -0.2) is 4.79 Å². The smallest absolute Gasteiger partial charge is 0.328 e. The third-order valence-electron chi connectivity index (χ3n) is 3.18. The molecule has 127 valence electrons. The summed E-state index contributed by atoms with van der Waals surface area (Å²) in [4.78, 5) is 22.9. The fraction of sp³-hybridized carbons (Fsp3) is 0.500. The van der Waals surface area contributed by atoms with Gasteiger partial charge >= 0.3 is 5.97 Å². The molecule has 0 saturated carbocycles. The minimum absolute atomic E-state index is 0.106. The van der Waals surface area contributed by atoms with Crippen molar-refractivity contribution in [1.29, 1.82) is 0 Å². The number of anilines is 1. The molecule has 1 unspecified atom stereocenters. The topological polar surface area (TPSA) is 79.2 Å². The summed E-state index contributed by atoms with van der Waals surface area (Å²) in [5.74, 6) is -1.03. The Morgan fingerprint density at radius 1 is 1.30 bits per heavy atom. The van der Waals surface area contributed by atoms with Crippen LogP contribution in [0.3, 0.4) is 0 Å². The van der Waals surface area contributed by atoms with E-state index in [1.54, 1.807) is 18.2 Å². The quantitative estimate of drug-likeness (QED) is 0.503. The zero-order valence-corrected chi connectivity index (χ0v) is 14.5. The fourth-order valence-corrected chi connectivity index (χ4v) is 2.39. The molecule has 1 rings (SSSR count). The van der Waals surface area contributed by atoms with Gasteiger partial charge in [-0.05, 0) is 37.5 Å². The Hall–Kier alpha value is -1.46. The summed E-state index contributed by atoms with van der Waals surface area (Å²) >= 11 is 12.0. The van der Waals surface area contributed by atoms with Crippen molar-refractivity contribution in [3.05, 3.63) is 28.2 Å². The lowest BCUT2D eigenvalue weighted by Crippen LogP contribution is -2.32. The maximum absolute atomic E-state index is 12.2. The van der Waals surface area contributed by atoms with Crippen LogP contribution in [0.15, 0.2) is 18.2 Å². The van der Waals surface area contributed by atoms with Crippen LogP contribution in [0.1, 0.15) is 39.0 Å². The highest BCUT2D eigenvalue weighted by atomic mass is 35.5.